The summed E-state index contributed by atoms with van der Waals surface area (Å²) in [5.41, 5.74) is 7.86. The van der Waals surface area contributed by atoms with E-state index >= 15 is 0 Å². The first-order valence-electron chi connectivity index (χ1n) is 7.73. The van der Waals surface area contributed by atoms with Crippen LogP contribution in [-0.2, 0) is 9.53 Å². The Bertz CT molecular complexity index is 749. The number of anilines is 1. The summed E-state index contributed by atoms with van der Waals surface area (Å²) in [6.07, 6.45) is -2.55. The molecule has 0 radical (unpaired) electrons. The zero-order chi connectivity index (χ0) is 19.5. The van der Waals surface area contributed by atoms with Crippen molar-refractivity contribution in [1.29, 1.82) is 0 Å². The van der Waals surface area contributed by atoms with Gasteiger partial charge >= 0.3 is 6.09 Å². The Morgan fingerprint density at radius 1 is 1.50 bits per heavy atom. The van der Waals surface area contributed by atoms with Crippen LogP contribution in [0.25, 0.3) is 10.4 Å². The number of aromatic nitrogens is 1. The number of amides is 2. The number of alkyl halides is 1. The molecule has 2 rings (SSSR count). The van der Waals surface area contributed by atoms with Gasteiger partial charge in [0.05, 0.1) is 12.6 Å². The summed E-state index contributed by atoms with van der Waals surface area (Å²) in [6.45, 7) is 4.54. The van der Waals surface area contributed by atoms with Gasteiger partial charge in [-0.25, -0.2) is 14.2 Å². The van der Waals surface area contributed by atoms with Crippen LogP contribution in [0.1, 0.15) is 20.8 Å². The Kier molecular flexibility index (Phi) is 6.04. The molecule has 9 nitrogen and oxygen atoms in total. The number of hydrogen-bond donors (Lipinski definition) is 1. The first-order chi connectivity index (χ1) is 12.1. The fraction of sp³-hybridized carbons (Fsp3) is 0.533. The highest BCUT2D eigenvalue weighted by atomic mass is 79.9. The highest BCUT2D eigenvalue weighted by Crippen LogP contribution is 2.27. The molecule has 0 spiro atoms. The number of halogens is 2. The minimum Gasteiger partial charge on any atom is -0.444 e. The minimum absolute atomic E-state index is 0.204. The lowest BCUT2D eigenvalue weighted by atomic mass is 10.1. The molecule has 1 fully saturated rings. The van der Waals surface area contributed by atoms with Crippen LogP contribution in [0.4, 0.5) is 15.0 Å². The molecule has 1 saturated heterocycles. The van der Waals surface area contributed by atoms with Crippen LogP contribution in [-0.4, -0.2) is 52.3 Å². The number of ether oxygens (including phenoxy) is 1. The monoisotopic (exact) mass is 428 g/mol. The second-order valence-electron chi connectivity index (χ2n) is 6.62. The average Bonchev–Trinajstić information content (AvgIpc) is 2.83. The first kappa shape index (κ1) is 19.9. The number of carbonyl (C=O) groups is 2. The lowest BCUT2D eigenvalue weighted by molar-refractivity contribution is -0.120. The molecule has 1 aliphatic heterocycles. The van der Waals surface area contributed by atoms with Gasteiger partial charge in [-0.2, -0.15) is 0 Å². The molecular weight excluding hydrogens is 411 g/mol. The van der Waals surface area contributed by atoms with Gasteiger partial charge in [0.25, 0.3) is 0 Å². The Morgan fingerprint density at radius 3 is 2.77 bits per heavy atom. The van der Waals surface area contributed by atoms with Gasteiger partial charge in [0.1, 0.15) is 28.2 Å². The molecule has 3 atom stereocenters. The predicted octanol–water partition coefficient (Wildman–Crippen LogP) is 3.42. The standard InChI is InChI=1S/C15H18BrFN6O3/c1-15(2,3)26-14(25)23-7-8(17)11(21-22-18)12(23)13(24)20-10-6-4-5-9(16)19-10/h4-6,8,11-12H,7H2,1-3H3,(H,19,20,24)/t8-,11?,12-/m0/s1. The van der Waals surface area contributed by atoms with E-state index < -0.39 is 42.4 Å². The molecular formula is C15H18BrFN6O3. The number of nitrogens with zero attached hydrogens (tertiary/aromatic N) is 5. The maximum Gasteiger partial charge on any atom is 0.411 e. The van der Waals surface area contributed by atoms with E-state index in [9.17, 15) is 14.0 Å². The third kappa shape index (κ3) is 4.83. The van der Waals surface area contributed by atoms with E-state index in [1.54, 1.807) is 32.9 Å². The van der Waals surface area contributed by atoms with E-state index in [1.807, 2.05) is 0 Å². The molecule has 11 heteroatoms. The SMILES string of the molecule is CC(C)(C)OC(=O)N1C[C@H](F)C(N=[N+]=[N-])[C@H]1C(=O)Nc1cccc(Br)n1. The Hall–Kier alpha value is -2.39. The zero-order valence-corrected chi connectivity index (χ0v) is 16.0. The quantitative estimate of drug-likeness (QED) is 0.343. The van der Waals surface area contributed by atoms with Crippen LogP contribution in [0.15, 0.2) is 27.9 Å². The summed E-state index contributed by atoms with van der Waals surface area (Å²) in [7, 11) is 0. The van der Waals surface area contributed by atoms with E-state index in [4.69, 9.17) is 10.3 Å². The number of hydrogen-bond acceptors (Lipinski definition) is 5. The number of azide groups is 1. The summed E-state index contributed by atoms with van der Waals surface area (Å²) >= 11 is 3.18. The predicted molar refractivity (Wildman–Crippen MR) is 95.1 cm³/mol. The third-order valence-corrected chi connectivity index (χ3v) is 3.89. The summed E-state index contributed by atoms with van der Waals surface area (Å²) in [5, 5.41) is 5.86. The summed E-state index contributed by atoms with van der Waals surface area (Å²) in [5.74, 6) is -0.519. The average molecular weight is 429 g/mol. The molecule has 0 aromatic carbocycles. The van der Waals surface area contributed by atoms with E-state index in [2.05, 4.69) is 36.3 Å². The molecule has 2 heterocycles. The molecule has 1 unspecified atom stereocenters. The van der Waals surface area contributed by atoms with Crippen molar-refractivity contribution in [2.24, 2.45) is 5.11 Å². The van der Waals surface area contributed by atoms with Crippen molar-refractivity contribution in [3.63, 3.8) is 0 Å². The van der Waals surface area contributed by atoms with Crippen molar-refractivity contribution in [3.05, 3.63) is 33.2 Å². The van der Waals surface area contributed by atoms with Gasteiger partial charge in [0.15, 0.2) is 0 Å². The molecule has 1 aromatic heterocycles. The summed E-state index contributed by atoms with van der Waals surface area (Å²) < 4.78 is 20.0. The molecule has 2 amide bonds. The topological polar surface area (TPSA) is 120 Å². The van der Waals surface area contributed by atoms with Gasteiger partial charge in [-0.05, 0) is 54.4 Å². The van der Waals surface area contributed by atoms with Crippen molar-refractivity contribution >= 4 is 33.7 Å². The van der Waals surface area contributed by atoms with Crippen molar-refractivity contribution in [1.82, 2.24) is 9.88 Å². The molecule has 1 aromatic rings. The van der Waals surface area contributed by atoms with Crippen molar-refractivity contribution < 1.29 is 18.7 Å². The smallest absolute Gasteiger partial charge is 0.411 e. The fourth-order valence-electron chi connectivity index (χ4n) is 2.47. The molecule has 0 aliphatic carbocycles. The van der Waals surface area contributed by atoms with Crippen molar-refractivity contribution in [2.75, 3.05) is 11.9 Å². The number of likely N-dealkylation sites (tertiary alicyclic amines) is 1. The second kappa shape index (κ2) is 7.88. The molecule has 0 bridgehead atoms. The summed E-state index contributed by atoms with van der Waals surface area (Å²) in [4.78, 5) is 32.6. The van der Waals surface area contributed by atoms with Crippen LogP contribution in [0, 0.1) is 0 Å². The van der Waals surface area contributed by atoms with Gasteiger partial charge in [-0.15, -0.1) is 0 Å². The molecule has 1 aliphatic rings. The number of carbonyl (C=O) groups excluding carboxylic acids is 2. The lowest BCUT2D eigenvalue weighted by Crippen LogP contribution is -2.48. The number of pyridine rings is 1. The van der Waals surface area contributed by atoms with Crippen molar-refractivity contribution in [2.45, 2.75) is 44.6 Å². The normalized spacial score (nSPS) is 22.5. The van der Waals surface area contributed by atoms with Crippen LogP contribution >= 0.6 is 15.9 Å². The highest BCUT2D eigenvalue weighted by molar-refractivity contribution is 9.10. The first-order valence-corrected chi connectivity index (χ1v) is 8.53. The summed E-state index contributed by atoms with van der Waals surface area (Å²) in [6, 6.07) is 2.13. The van der Waals surface area contributed by atoms with Crippen LogP contribution in [0.5, 0.6) is 0 Å². The maximum absolute atomic E-state index is 14.3. The number of nitrogens with one attached hydrogen (secondary N) is 1. The minimum atomic E-state index is -1.69. The van der Waals surface area contributed by atoms with Gasteiger partial charge in [-0.3, -0.25) is 9.69 Å². The molecule has 1 N–H and O–H groups in total. The van der Waals surface area contributed by atoms with Gasteiger partial charge in [-0.1, -0.05) is 11.2 Å². The lowest BCUT2D eigenvalue weighted by Gasteiger charge is -2.28. The van der Waals surface area contributed by atoms with E-state index in [1.165, 1.54) is 6.07 Å². The van der Waals surface area contributed by atoms with E-state index in [0.717, 1.165) is 4.90 Å². The Morgan fingerprint density at radius 2 is 2.19 bits per heavy atom. The third-order valence-electron chi connectivity index (χ3n) is 3.45. The zero-order valence-electron chi connectivity index (χ0n) is 14.4. The van der Waals surface area contributed by atoms with Crippen LogP contribution in [0.3, 0.4) is 0 Å². The second-order valence-corrected chi connectivity index (χ2v) is 7.44. The van der Waals surface area contributed by atoms with Gasteiger partial charge < -0.3 is 10.1 Å². The van der Waals surface area contributed by atoms with Crippen molar-refractivity contribution in [3.8, 4) is 0 Å². The highest BCUT2D eigenvalue weighted by Gasteiger charge is 2.49. The van der Waals surface area contributed by atoms with Crippen LogP contribution in [0.2, 0.25) is 0 Å². The Labute approximate surface area is 157 Å². The van der Waals surface area contributed by atoms with Gasteiger partial charge in [0.2, 0.25) is 5.91 Å². The van der Waals surface area contributed by atoms with E-state index in [0.29, 0.717) is 4.60 Å². The van der Waals surface area contributed by atoms with Crippen LogP contribution < -0.4 is 5.32 Å². The Balaban J connectivity index is 2.28. The fourth-order valence-corrected chi connectivity index (χ4v) is 2.81. The number of rotatable bonds is 3. The molecule has 140 valence electrons. The largest absolute Gasteiger partial charge is 0.444 e. The van der Waals surface area contributed by atoms with E-state index in [-0.39, 0.29) is 5.82 Å². The molecule has 0 saturated carbocycles. The maximum atomic E-state index is 14.3. The van der Waals surface area contributed by atoms with Gasteiger partial charge in [0, 0.05) is 4.91 Å². The molecule has 26 heavy (non-hydrogen) atoms.